The van der Waals surface area contributed by atoms with Crippen LogP contribution in [0.2, 0.25) is 0 Å². The molecular weight excluding hydrogens is 278 g/mol. The summed E-state index contributed by atoms with van der Waals surface area (Å²) in [6, 6.07) is 5.67. The van der Waals surface area contributed by atoms with Crippen LogP contribution in [0.4, 0.5) is 0 Å². The second kappa shape index (κ2) is 8.29. The van der Waals surface area contributed by atoms with E-state index in [-0.39, 0.29) is 0 Å². The molecular formula is C12H17Cl2O2P. The van der Waals surface area contributed by atoms with Crippen LogP contribution in [0, 0.1) is 0 Å². The van der Waals surface area contributed by atoms with Gasteiger partial charge in [-0.1, -0.05) is 12.1 Å². The lowest BCUT2D eigenvalue weighted by Gasteiger charge is -2.14. The Bertz CT molecular complexity index is 345. The Hall–Kier alpha value is 0.150. The van der Waals surface area contributed by atoms with Gasteiger partial charge in [0.2, 0.25) is 0 Å². The topological polar surface area (TPSA) is 40.5 Å². The number of benzene rings is 1. The molecule has 0 amide bonds. The van der Waals surface area contributed by atoms with Gasteiger partial charge in [-0.3, -0.25) is 0 Å². The molecule has 0 bridgehead atoms. The van der Waals surface area contributed by atoms with Gasteiger partial charge in [0.25, 0.3) is 0 Å². The monoisotopic (exact) mass is 294 g/mol. The fraction of sp³-hybridized carbons (Fsp3) is 0.500. The molecule has 0 fully saturated rings. The van der Waals surface area contributed by atoms with Crippen molar-refractivity contribution in [1.29, 1.82) is 0 Å². The Morgan fingerprint density at radius 3 is 2.24 bits per heavy atom. The standard InChI is InChI=1S/C12H17Cl2O2P/c13-8-2-5-10-4-1-7-12(17(15)16)11(10)6-3-9-14/h1,4,7,15-16H,2-3,5-6,8-9H2. The van der Waals surface area contributed by atoms with Gasteiger partial charge in [0.05, 0.1) is 0 Å². The van der Waals surface area contributed by atoms with E-state index in [4.69, 9.17) is 23.2 Å². The van der Waals surface area contributed by atoms with Crippen LogP contribution in [0.25, 0.3) is 0 Å². The van der Waals surface area contributed by atoms with Crippen LogP contribution in [0.1, 0.15) is 24.0 Å². The summed E-state index contributed by atoms with van der Waals surface area (Å²) in [6.07, 6.45) is 3.40. The lowest BCUT2D eigenvalue weighted by molar-refractivity contribution is 0.496. The van der Waals surface area contributed by atoms with Crippen LogP contribution >= 0.6 is 31.6 Å². The predicted molar refractivity (Wildman–Crippen MR) is 75.5 cm³/mol. The summed E-state index contributed by atoms with van der Waals surface area (Å²) in [5.41, 5.74) is 2.19. The second-order valence-corrected chi connectivity index (χ2v) is 5.61. The lowest BCUT2D eigenvalue weighted by Crippen LogP contribution is -2.12. The van der Waals surface area contributed by atoms with Crippen LogP contribution < -0.4 is 5.30 Å². The minimum atomic E-state index is -2.04. The highest BCUT2D eigenvalue weighted by atomic mass is 35.5. The van der Waals surface area contributed by atoms with E-state index in [9.17, 15) is 9.79 Å². The number of hydrogen-bond acceptors (Lipinski definition) is 2. The Morgan fingerprint density at radius 1 is 1.00 bits per heavy atom. The first-order valence-corrected chi connectivity index (χ1v) is 7.93. The molecule has 0 aliphatic heterocycles. The molecule has 17 heavy (non-hydrogen) atoms. The van der Waals surface area contributed by atoms with Gasteiger partial charge in [0.1, 0.15) is 0 Å². The van der Waals surface area contributed by atoms with Crippen molar-refractivity contribution in [2.75, 3.05) is 11.8 Å². The number of alkyl halides is 2. The van der Waals surface area contributed by atoms with E-state index in [0.717, 1.165) is 36.8 Å². The van der Waals surface area contributed by atoms with E-state index < -0.39 is 8.38 Å². The van der Waals surface area contributed by atoms with Crippen LogP contribution in [-0.2, 0) is 12.8 Å². The van der Waals surface area contributed by atoms with Crippen LogP contribution in [-0.4, -0.2) is 21.5 Å². The van der Waals surface area contributed by atoms with Crippen molar-refractivity contribution in [3.63, 3.8) is 0 Å². The molecule has 2 nitrogen and oxygen atoms in total. The molecule has 0 aromatic heterocycles. The Balaban J connectivity index is 2.96. The van der Waals surface area contributed by atoms with Gasteiger partial charge in [0.15, 0.2) is 8.38 Å². The smallest absolute Gasteiger partial charge is 0.199 e. The average molecular weight is 295 g/mol. The molecule has 0 heterocycles. The highest BCUT2D eigenvalue weighted by Gasteiger charge is 2.13. The summed E-state index contributed by atoms with van der Waals surface area (Å²) in [5, 5.41) is 0.650. The highest BCUT2D eigenvalue weighted by Crippen LogP contribution is 2.27. The maximum atomic E-state index is 9.42. The van der Waals surface area contributed by atoms with E-state index in [1.165, 1.54) is 0 Å². The predicted octanol–water partition coefficient (Wildman–Crippen LogP) is 2.95. The van der Waals surface area contributed by atoms with Gasteiger partial charge in [-0.15, -0.1) is 23.2 Å². The number of rotatable bonds is 7. The first-order chi connectivity index (χ1) is 8.20. The van der Waals surface area contributed by atoms with Crippen LogP contribution in [0.15, 0.2) is 18.2 Å². The molecule has 1 rings (SSSR count). The zero-order chi connectivity index (χ0) is 12.7. The molecule has 0 saturated heterocycles. The normalized spacial score (nSPS) is 11.1. The molecule has 0 aliphatic carbocycles. The van der Waals surface area contributed by atoms with E-state index in [1.807, 2.05) is 12.1 Å². The fourth-order valence-corrected chi connectivity index (χ4v) is 2.82. The van der Waals surface area contributed by atoms with Gasteiger partial charge in [-0.2, -0.15) is 0 Å². The van der Waals surface area contributed by atoms with Gasteiger partial charge in [-0.05, 0) is 42.9 Å². The number of hydrogen-bond donors (Lipinski definition) is 2. The highest BCUT2D eigenvalue weighted by molar-refractivity contribution is 7.54. The largest absolute Gasteiger partial charge is 0.347 e. The van der Waals surface area contributed by atoms with Crippen molar-refractivity contribution in [3.8, 4) is 0 Å². The van der Waals surface area contributed by atoms with E-state index >= 15 is 0 Å². The summed E-state index contributed by atoms with van der Waals surface area (Å²) in [5.74, 6) is 1.20. The number of halogens is 2. The summed E-state index contributed by atoms with van der Waals surface area (Å²) in [6.45, 7) is 0. The molecule has 0 atom stereocenters. The molecule has 2 N–H and O–H groups in total. The molecule has 0 aliphatic rings. The molecule has 0 spiro atoms. The SMILES string of the molecule is OP(O)c1cccc(CCCCl)c1CCCCl. The third-order valence-electron chi connectivity index (χ3n) is 2.60. The van der Waals surface area contributed by atoms with Crippen molar-refractivity contribution in [2.45, 2.75) is 25.7 Å². The molecule has 1 aromatic carbocycles. The van der Waals surface area contributed by atoms with Gasteiger partial charge < -0.3 is 9.79 Å². The van der Waals surface area contributed by atoms with Crippen molar-refractivity contribution in [2.24, 2.45) is 0 Å². The van der Waals surface area contributed by atoms with Gasteiger partial charge >= 0.3 is 0 Å². The van der Waals surface area contributed by atoms with Crippen molar-refractivity contribution in [3.05, 3.63) is 29.3 Å². The summed E-state index contributed by atoms with van der Waals surface area (Å²) in [7, 11) is -2.04. The van der Waals surface area contributed by atoms with Crippen LogP contribution in [0.3, 0.4) is 0 Å². The molecule has 0 radical (unpaired) electrons. The third kappa shape index (κ3) is 4.73. The van der Waals surface area contributed by atoms with E-state index in [2.05, 4.69) is 0 Å². The summed E-state index contributed by atoms with van der Waals surface area (Å²) in [4.78, 5) is 18.8. The molecule has 0 unspecified atom stereocenters. The lowest BCUT2D eigenvalue weighted by atomic mass is 9.99. The Labute approximate surface area is 113 Å². The van der Waals surface area contributed by atoms with E-state index in [1.54, 1.807) is 6.07 Å². The minimum Gasteiger partial charge on any atom is -0.347 e. The summed E-state index contributed by atoms with van der Waals surface area (Å²) < 4.78 is 0. The minimum absolute atomic E-state index is 0.581. The van der Waals surface area contributed by atoms with E-state index in [0.29, 0.717) is 17.1 Å². The fourth-order valence-electron chi connectivity index (χ4n) is 1.83. The Kier molecular flexibility index (Phi) is 7.41. The van der Waals surface area contributed by atoms with Crippen molar-refractivity contribution >= 4 is 36.9 Å². The average Bonchev–Trinajstić information content (AvgIpc) is 2.33. The molecule has 1 aromatic rings. The molecule has 0 saturated carbocycles. The Morgan fingerprint density at radius 2 is 1.65 bits per heavy atom. The summed E-state index contributed by atoms with van der Waals surface area (Å²) >= 11 is 11.4. The quantitative estimate of drug-likeness (QED) is 0.600. The van der Waals surface area contributed by atoms with Gasteiger partial charge in [0, 0.05) is 17.1 Å². The first-order valence-electron chi connectivity index (χ1n) is 5.61. The maximum absolute atomic E-state index is 9.42. The molecule has 5 heteroatoms. The number of aryl methyl sites for hydroxylation is 1. The maximum Gasteiger partial charge on any atom is 0.199 e. The zero-order valence-electron chi connectivity index (χ0n) is 9.57. The third-order valence-corrected chi connectivity index (χ3v) is 3.99. The van der Waals surface area contributed by atoms with Crippen LogP contribution in [0.5, 0.6) is 0 Å². The van der Waals surface area contributed by atoms with Crippen molar-refractivity contribution in [1.82, 2.24) is 0 Å². The van der Waals surface area contributed by atoms with Gasteiger partial charge in [-0.25, -0.2) is 0 Å². The zero-order valence-corrected chi connectivity index (χ0v) is 12.0. The molecule has 96 valence electrons. The van der Waals surface area contributed by atoms with Crippen molar-refractivity contribution < 1.29 is 9.79 Å². The second-order valence-electron chi connectivity index (χ2n) is 3.79. The first kappa shape index (κ1) is 15.2.